The molecule has 0 aliphatic heterocycles. The van der Waals surface area contributed by atoms with Crippen molar-refractivity contribution in [2.24, 2.45) is 13.0 Å². The predicted octanol–water partition coefficient (Wildman–Crippen LogP) is 3.08. The van der Waals surface area contributed by atoms with Crippen LogP contribution in [0.2, 0.25) is 0 Å². The van der Waals surface area contributed by atoms with Crippen LogP contribution in [0.3, 0.4) is 0 Å². The standard InChI is InChI=1S/C15H27N3/c1-7-8-16-10-14(11(2)3)9-15-12(4)17-18(6)13(15)5/h9,11,16H,7-8,10H2,1-6H3. The summed E-state index contributed by atoms with van der Waals surface area (Å²) in [6, 6.07) is 0. The van der Waals surface area contributed by atoms with E-state index in [0.29, 0.717) is 5.92 Å². The van der Waals surface area contributed by atoms with E-state index in [1.807, 2.05) is 11.7 Å². The lowest BCUT2D eigenvalue weighted by Crippen LogP contribution is -2.20. The molecule has 0 unspecified atom stereocenters. The maximum Gasteiger partial charge on any atom is 0.0668 e. The van der Waals surface area contributed by atoms with Gasteiger partial charge < -0.3 is 5.32 Å². The fourth-order valence-electron chi connectivity index (χ4n) is 2.02. The van der Waals surface area contributed by atoms with E-state index in [0.717, 1.165) is 18.8 Å². The highest BCUT2D eigenvalue weighted by molar-refractivity contribution is 5.58. The third kappa shape index (κ3) is 3.70. The first-order chi connectivity index (χ1) is 8.47. The fourth-order valence-corrected chi connectivity index (χ4v) is 2.02. The first-order valence-electron chi connectivity index (χ1n) is 6.88. The average Bonchev–Trinajstić information content (AvgIpc) is 2.54. The SMILES string of the molecule is CCCNCC(=Cc1c(C)nn(C)c1C)C(C)C. The maximum absolute atomic E-state index is 4.47. The van der Waals surface area contributed by atoms with E-state index < -0.39 is 0 Å². The number of hydrogen-bond donors (Lipinski definition) is 1. The Balaban J connectivity index is 2.93. The second kappa shape index (κ2) is 6.74. The molecule has 1 rings (SSSR count). The molecule has 3 nitrogen and oxygen atoms in total. The number of nitrogens with one attached hydrogen (secondary N) is 1. The predicted molar refractivity (Wildman–Crippen MR) is 78.7 cm³/mol. The van der Waals surface area contributed by atoms with Gasteiger partial charge in [0.25, 0.3) is 0 Å². The minimum atomic E-state index is 0.563. The number of aryl methyl sites for hydroxylation is 2. The minimum absolute atomic E-state index is 0.563. The van der Waals surface area contributed by atoms with E-state index in [2.05, 4.69) is 51.1 Å². The zero-order valence-electron chi connectivity index (χ0n) is 12.7. The van der Waals surface area contributed by atoms with Crippen LogP contribution in [0.1, 0.15) is 44.1 Å². The maximum atomic E-state index is 4.47. The van der Waals surface area contributed by atoms with Gasteiger partial charge in [-0.3, -0.25) is 4.68 Å². The second-order valence-corrected chi connectivity index (χ2v) is 5.26. The van der Waals surface area contributed by atoms with Crippen LogP contribution < -0.4 is 5.32 Å². The highest BCUT2D eigenvalue weighted by Gasteiger charge is 2.10. The summed E-state index contributed by atoms with van der Waals surface area (Å²) in [5, 5.41) is 7.96. The summed E-state index contributed by atoms with van der Waals surface area (Å²) in [7, 11) is 2.00. The fraction of sp³-hybridized carbons (Fsp3) is 0.667. The minimum Gasteiger partial charge on any atom is -0.313 e. The zero-order chi connectivity index (χ0) is 13.7. The summed E-state index contributed by atoms with van der Waals surface area (Å²) < 4.78 is 1.96. The van der Waals surface area contributed by atoms with E-state index >= 15 is 0 Å². The summed E-state index contributed by atoms with van der Waals surface area (Å²) >= 11 is 0. The molecule has 1 aromatic rings. The zero-order valence-corrected chi connectivity index (χ0v) is 12.7. The van der Waals surface area contributed by atoms with Gasteiger partial charge in [-0.05, 0) is 32.7 Å². The molecule has 0 atom stereocenters. The first kappa shape index (κ1) is 15.0. The van der Waals surface area contributed by atoms with E-state index in [4.69, 9.17) is 0 Å². The molecule has 0 aromatic carbocycles. The summed E-state index contributed by atoms with van der Waals surface area (Å²) in [5.74, 6) is 0.563. The van der Waals surface area contributed by atoms with Crippen molar-refractivity contribution in [1.82, 2.24) is 15.1 Å². The van der Waals surface area contributed by atoms with Crippen LogP contribution in [-0.2, 0) is 7.05 Å². The van der Waals surface area contributed by atoms with Crippen molar-refractivity contribution >= 4 is 6.08 Å². The Bertz CT molecular complexity index is 414. The Kier molecular flexibility index (Phi) is 5.60. The van der Waals surface area contributed by atoms with Gasteiger partial charge in [0, 0.05) is 24.8 Å². The Morgan fingerprint density at radius 1 is 1.39 bits per heavy atom. The largest absolute Gasteiger partial charge is 0.313 e. The van der Waals surface area contributed by atoms with Crippen molar-refractivity contribution in [1.29, 1.82) is 0 Å². The topological polar surface area (TPSA) is 29.9 Å². The number of hydrogen-bond acceptors (Lipinski definition) is 2. The van der Waals surface area contributed by atoms with Gasteiger partial charge in [-0.15, -0.1) is 0 Å². The molecule has 1 heterocycles. The van der Waals surface area contributed by atoms with Crippen molar-refractivity contribution in [3.05, 3.63) is 22.5 Å². The van der Waals surface area contributed by atoms with Crippen molar-refractivity contribution in [2.45, 2.75) is 41.0 Å². The van der Waals surface area contributed by atoms with Crippen LogP contribution in [0, 0.1) is 19.8 Å². The molecular formula is C15H27N3. The third-order valence-corrected chi connectivity index (χ3v) is 3.39. The van der Waals surface area contributed by atoms with E-state index in [9.17, 15) is 0 Å². The van der Waals surface area contributed by atoms with Crippen molar-refractivity contribution in [3.8, 4) is 0 Å². The highest BCUT2D eigenvalue weighted by Crippen LogP contribution is 2.19. The number of rotatable bonds is 6. The molecule has 0 saturated carbocycles. The van der Waals surface area contributed by atoms with Gasteiger partial charge in [0.15, 0.2) is 0 Å². The lowest BCUT2D eigenvalue weighted by atomic mass is 9.99. The quantitative estimate of drug-likeness (QED) is 0.785. The molecule has 0 amide bonds. The number of aromatic nitrogens is 2. The molecular weight excluding hydrogens is 222 g/mol. The van der Waals surface area contributed by atoms with Crippen molar-refractivity contribution in [3.63, 3.8) is 0 Å². The summed E-state index contributed by atoms with van der Waals surface area (Å²) in [5.41, 5.74) is 5.08. The monoisotopic (exact) mass is 249 g/mol. The Hall–Kier alpha value is -1.09. The van der Waals surface area contributed by atoms with Gasteiger partial charge in [-0.25, -0.2) is 0 Å². The molecule has 0 spiro atoms. The van der Waals surface area contributed by atoms with Crippen LogP contribution in [0.25, 0.3) is 6.08 Å². The summed E-state index contributed by atoms with van der Waals surface area (Å²) in [4.78, 5) is 0. The molecule has 18 heavy (non-hydrogen) atoms. The van der Waals surface area contributed by atoms with Crippen molar-refractivity contribution in [2.75, 3.05) is 13.1 Å². The average molecular weight is 249 g/mol. The van der Waals surface area contributed by atoms with Crippen LogP contribution in [0.4, 0.5) is 0 Å². The molecule has 0 fully saturated rings. The third-order valence-electron chi connectivity index (χ3n) is 3.39. The second-order valence-electron chi connectivity index (χ2n) is 5.26. The normalized spacial score (nSPS) is 12.5. The van der Waals surface area contributed by atoms with Gasteiger partial charge in [-0.1, -0.05) is 32.4 Å². The molecule has 0 aliphatic rings. The van der Waals surface area contributed by atoms with Crippen LogP contribution >= 0.6 is 0 Å². The Morgan fingerprint density at radius 3 is 2.50 bits per heavy atom. The molecule has 0 aliphatic carbocycles. The number of nitrogens with zero attached hydrogens (tertiary/aromatic N) is 2. The molecule has 0 saturated heterocycles. The van der Waals surface area contributed by atoms with Gasteiger partial charge >= 0.3 is 0 Å². The summed E-state index contributed by atoms with van der Waals surface area (Å²) in [6.45, 7) is 13.0. The smallest absolute Gasteiger partial charge is 0.0668 e. The van der Waals surface area contributed by atoms with Gasteiger partial charge in [0.1, 0.15) is 0 Å². The van der Waals surface area contributed by atoms with Gasteiger partial charge in [0.05, 0.1) is 5.69 Å². The Labute approximate surface area is 111 Å². The lowest BCUT2D eigenvalue weighted by molar-refractivity contribution is 0.657. The molecule has 1 aromatic heterocycles. The van der Waals surface area contributed by atoms with Gasteiger partial charge in [-0.2, -0.15) is 5.10 Å². The first-order valence-corrected chi connectivity index (χ1v) is 6.88. The highest BCUT2D eigenvalue weighted by atomic mass is 15.3. The summed E-state index contributed by atoms with van der Waals surface area (Å²) in [6.07, 6.45) is 3.49. The Morgan fingerprint density at radius 2 is 2.06 bits per heavy atom. The van der Waals surface area contributed by atoms with Gasteiger partial charge in [0.2, 0.25) is 0 Å². The van der Waals surface area contributed by atoms with Crippen LogP contribution in [-0.4, -0.2) is 22.9 Å². The molecule has 0 bridgehead atoms. The molecule has 1 N–H and O–H groups in total. The van der Waals surface area contributed by atoms with E-state index in [1.54, 1.807) is 0 Å². The van der Waals surface area contributed by atoms with Crippen LogP contribution in [0.15, 0.2) is 5.57 Å². The van der Waals surface area contributed by atoms with E-state index in [-0.39, 0.29) is 0 Å². The van der Waals surface area contributed by atoms with Crippen molar-refractivity contribution < 1.29 is 0 Å². The lowest BCUT2D eigenvalue weighted by Gasteiger charge is -2.12. The molecule has 0 radical (unpaired) electrons. The molecule has 102 valence electrons. The van der Waals surface area contributed by atoms with E-state index in [1.165, 1.54) is 23.3 Å². The van der Waals surface area contributed by atoms with Crippen LogP contribution in [0.5, 0.6) is 0 Å². The molecule has 3 heteroatoms.